The van der Waals surface area contributed by atoms with Crippen molar-refractivity contribution in [2.24, 2.45) is 0 Å². The average Bonchev–Trinajstić information content (AvgIpc) is 2.95. The maximum absolute atomic E-state index is 11.7. The lowest BCUT2D eigenvalue weighted by molar-refractivity contribution is -0.130. The van der Waals surface area contributed by atoms with Crippen molar-refractivity contribution in [3.63, 3.8) is 0 Å². The van der Waals surface area contributed by atoms with Gasteiger partial charge in [-0.15, -0.1) is 0 Å². The van der Waals surface area contributed by atoms with Crippen molar-refractivity contribution < 1.29 is 9.21 Å². The van der Waals surface area contributed by atoms with E-state index in [1.807, 2.05) is 26.2 Å². The predicted molar refractivity (Wildman–Crippen MR) is 78.4 cm³/mol. The number of hydrogen-bond donors (Lipinski definition) is 1. The number of likely N-dealkylation sites (N-methyl/N-ethyl adjacent to an activating group) is 1. The fourth-order valence-electron chi connectivity index (χ4n) is 2.56. The highest BCUT2D eigenvalue weighted by Gasteiger charge is 2.23. The fraction of sp³-hybridized carbons (Fsp3) is 0.667. The van der Waals surface area contributed by atoms with Crippen LogP contribution in [-0.2, 0) is 4.79 Å². The van der Waals surface area contributed by atoms with Gasteiger partial charge >= 0.3 is 0 Å². The molecule has 2 heterocycles. The zero-order valence-electron chi connectivity index (χ0n) is 12.6. The molecular formula is C15H25N3O2. The van der Waals surface area contributed by atoms with Gasteiger partial charge in [0.15, 0.2) is 0 Å². The molecule has 1 saturated heterocycles. The zero-order valence-corrected chi connectivity index (χ0v) is 12.6. The number of rotatable bonds is 5. The summed E-state index contributed by atoms with van der Waals surface area (Å²) in [5.74, 6) is 1.16. The van der Waals surface area contributed by atoms with Gasteiger partial charge in [-0.1, -0.05) is 0 Å². The predicted octanol–water partition coefficient (Wildman–Crippen LogP) is 1.48. The molecule has 0 radical (unpaired) electrons. The topological polar surface area (TPSA) is 48.7 Å². The van der Waals surface area contributed by atoms with Gasteiger partial charge in [0.05, 0.1) is 18.8 Å². The molecule has 0 saturated carbocycles. The Bertz CT molecular complexity index is 409. The molecule has 1 aromatic rings. The van der Waals surface area contributed by atoms with E-state index < -0.39 is 0 Å². The molecular weight excluding hydrogens is 254 g/mol. The van der Waals surface area contributed by atoms with Gasteiger partial charge in [0.25, 0.3) is 0 Å². The molecule has 1 atom stereocenters. The number of hydrogen-bond acceptors (Lipinski definition) is 4. The van der Waals surface area contributed by atoms with Crippen molar-refractivity contribution in [3.8, 4) is 0 Å². The molecule has 0 spiro atoms. The summed E-state index contributed by atoms with van der Waals surface area (Å²) in [5, 5.41) is 3.60. The van der Waals surface area contributed by atoms with Crippen LogP contribution in [0.2, 0.25) is 0 Å². The van der Waals surface area contributed by atoms with Crippen LogP contribution in [0.15, 0.2) is 22.8 Å². The first kappa shape index (κ1) is 15.1. The van der Waals surface area contributed by atoms with E-state index in [4.69, 9.17) is 4.42 Å². The summed E-state index contributed by atoms with van der Waals surface area (Å²) < 4.78 is 5.41. The number of furan rings is 1. The molecule has 1 amide bonds. The number of carbonyl (C=O) groups excluding carboxylic acids is 1. The van der Waals surface area contributed by atoms with Gasteiger partial charge in [-0.05, 0) is 31.9 Å². The molecule has 1 aromatic heterocycles. The van der Waals surface area contributed by atoms with Crippen LogP contribution in [0.5, 0.6) is 0 Å². The third-order valence-electron chi connectivity index (χ3n) is 3.90. The highest BCUT2D eigenvalue weighted by Crippen LogP contribution is 2.17. The highest BCUT2D eigenvalue weighted by molar-refractivity contribution is 5.77. The third kappa shape index (κ3) is 4.08. The molecule has 112 valence electrons. The van der Waals surface area contributed by atoms with E-state index in [0.717, 1.165) is 31.7 Å². The van der Waals surface area contributed by atoms with Gasteiger partial charge in [0, 0.05) is 33.2 Å². The Kier molecular flexibility index (Phi) is 5.20. The normalized spacial score (nSPS) is 18.9. The molecule has 1 aliphatic heterocycles. The molecule has 2 rings (SSSR count). The van der Waals surface area contributed by atoms with Crippen molar-refractivity contribution in [2.45, 2.75) is 31.8 Å². The van der Waals surface area contributed by atoms with E-state index in [-0.39, 0.29) is 11.9 Å². The van der Waals surface area contributed by atoms with Crippen molar-refractivity contribution in [1.29, 1.82) is 0 Å². The molecule has 0 aliphatic carbocycles. The van der Waals surface area contributed by atoms with E-state index in [9.17, 15) is 4.79 Å². The van der Waals surface area contributed by atoms with Gasteiger partial charge in [0.2, 0.25) is 5.91 Å². The van der Waals surface area contributed by atoms with Crippen molar-refractivity contribution >= 4 is 5.91 Å². The van der Waals surface area contributed by atoms with E-state index in [1.54, 1.807) is 11.2 Å². The Labute approximate surface area is 120 Å². The summed E-state index contributed by atoms with van der Waals surface area (Å²) >= 11 is 0. The van der Waals surface area contributed by atoms with E-state index in [1.165, 1.54) is 0 Å². The lowest BCUT2D eigenvalue weighted by Crippen LogP contribution is -2.46. The van der Waals surface area contributed by atoms with E-state index in [2.05, 4.69) is 17.1 Å². The van der Waals surface area contributed by atoms with Crippen LogP contribution in [0, 0.1) is 0 Å². The number of nitrogens with one attached hydrogen (secondary N) is 1. The molecule has 1 fully saturated rings. The average molecular weight is 279 g/mol. The van der Waals surface area contributed by atoms with Crippen LogP contribution in [-0.4, -0.2) is 55.5 Å². The van der Waals surface area contributed by atoms with E-state index in [0.29, 0.717) is 12.6 Å². The number of amides is 1. The second-order valence-electron chi connectivity index (χ2n) is 5.74. The van der Waals surface area contributed by atoms with Gasteiger partial charge in [-0.2, -0.15) is 0 Å². The number of carbonyl (C=O) groups is 1. The molecule has 1 N–H and O–H groups in total. The summed E-state index contributed by atoms with van der Waals surface area (Å²) in [6.45, 7) is 4.61. The Hall–Kier alpha value is -1.33. The smallest absolute Gasteiger partial charge is 0.236 e. The summed E-state index contributed by atoms with van der Waals surface area (Å²) in [7, 11) is 3.61. The van der Waals surface area contributed by atoms with Crippen LogP contribution >= 0.6 is 0 Å². The summed E-state index contributed by atoms with van der Waals surface area (Å²) in [6.07, 6.45) is 3.86. The minimum atomic E-state index is 0.181. The van der Waals surface area contributed by atoms with Crippen LogP contribution in [0.25, 0.3) is 0 Å². The SMILES string of the molecule is C[C@@H](NC1CCN(CC(=O)N(C)C)CC1)c1ccco1. The third-order valence-corrected chi connectivity index (χ3v) is 3.90. The molecule has 5 nitrogen and oxygen atoms in total. The van der Waals surface area contributed by atoms with Crippen molar-refractivity contribution in [3.05, 3.63) is 24.2 Å². The molecule has 0 bridgehead atoms. The Morgan fingerprint density at radius 2 is 2.20 bits per heavy atom. The molecule has 0 aromatic carbocycles. The Morgan fingerprint density at radius 1 is 1.50 bits per heavy atom. The molecule has 20 heavy (non-hydrogen) atoms. The fourth-order valence-corrected chi connectivity index (χ4v) is 2.56. The first-order valence-corrected chi connectivity index (χ1v) is 7.28. The lowest BCUT2D eigenvalue weighted by Gasteiger charge is -2.33. The minimum Gasteiger partial charge on any atom is -0.468 e. The van der Waals surface area contributed by atoms with Gasteiger partial charge in [-0.3, -0.25) is 9.69 Å². The lowest BCUT2D eigenvalue weighted by atomic mass is 10.0. The van der Waals surface area contributed by atoms with Crippen LogP contribution in [0.1, 0.15) is 31.6 Å². The largest absolute Gasteiger partial charge is 0.468 e. The van der Waals surface area contributed by atoms with Gasteiger partial charge in [-0.25, -0.2) is 0 Å². The molecule has 5 heteroatoms. The van der Waals surface area contributed by atoms with Gasteiger partial charge < -0.3 is 14.6 Å². The zero-order chi connectivity index (χ0) is 14.5. The first-order chi connectivity index (χ1) is 9.56. The number of piperidine rings is 1. The van der Waals surface area contributed by atoms with Crippen molar-refractivity contribution in [2.75, 3.05) is 33.7 Å². The van der Waals surface area contributed by atoms with Crippen LogP contribution in [0.4, 0.5) is 0 Å². The quantitative estimate of drug-likeness (QED) is 0.887. The minimum absolute atomic E-state index is 0.181. The maximum Gasteiger partial charge on any atom is 0.236 e. The molecule has 0 unspecified atom stereocenters. The number of likely N-dealkylation sites (tertiary alicyclic amines) is 1. The standard InChI is InChI=1S/C15H25N3O2/c1-12(14-5-4-10-20-14)16-13-6-8-18(9-7-13)11-15(19)17(2)3/h4-5,10,12-13,16H,6-9,11H2,1-3H3/t12-/m1/s1. The monoisotopic (exact) mass is 279 g/mol. The Balaban J connectivity index is 1.73. The maximum atomic E-state index is 11.7. The van der Waals surface area contributed by atoms with Crippen molar-refractivity contribution in [1.82, 2.24) is 15.1 Å². The summed E-state index contributed by atoms with van der Waals surface area (Å²) in [5.41, 5.74) is 0. The second-order valence-corrected chi connectivity index (χ2v) is 5.74. The van der Waals surface area contributed by atoms with E-state index >= 15 is 0 Å². The first-order valence-electron chi connectivity index (χ1n) is 7.28. The Morgan fingerprint density at radius 3 is 2.75 bits per heavy atom. The van der Waals surface area contributed by atoms with Crippen LogP contribution < -0.4 is 5.32 Å². The van der Waals surface area contributed by atoms with Gasteiger partial charge in [0.1, 0.15) is 5.76 Å². The molecule has 1 aliphatic rings. The van der Waals surface area contributed by atoms with Crippen LogP contribution in [0.3, 0.4) is 0 Å². The summed E-state index contributed by atoms with van der Waals surface area (Å²) in [6, 6.07) is 4.66. The number of nitrogens with zero attached hydrogens (tertiary/aromatic N) is 2. The summed E-state index contributed by atoms with van der Waals surface area (Å²) in [4.78, 5) is 15.6. The highest BCUT2D eigenvalue weighted by atomic mass is 16.3. The second kappa shape index (κ2) is 6.90.